The van der Waals surface area contributed by atoms with Gasteiger partial charge in [-0.25, -0.2) is 9.98 Å². The zero-order valence-electron chi connectivity index (χ0n) is 8.89. The largest absolute Gasteiger partial charge is 0.411 e. The summed E-state index contributed by atoms with van der Waals surface area (Å²) in [6.45, 7) is 2.45. The van der Waals surface area contributed by atoms with Crippen molar-refractivity contribution in [2.75, 3.05) is 0 Å². The molecule has 0 amide bonds. The van der Waals surface area contributed by atoms with E-state index in [1.807, 2.05) is 0 Å². The summed E-state index contributed by atoms with van der Waals surface area (Å²) in [4.78, 5) is 29.7. The molecule has 2 rings (SSSR count). The standard InChI is InChI=1S/C9H8N2O4.CH2/c1-5(12)14-9(15-6(2)13)7-3-10-8(9)4-11-7;/h3-4H,1-2H3;1H2. The fraction of sp³-hybridized carbons (Fsp3) is 0.300. The molecule has 2 bridgehead atoms. The highest BCUT2D eigenvalue weighted by molar-refractivity contribution is 6.39. The molecule has 0 saturated carbocycles. The number of hydrogen-bond donors (Lipinski definition) is 0. The molecule has 2 radical (unpaired) electrons. The summed E-state index contributed by atoms with van der Waals surface area (Å²) >= 11 is 0. The lowest BCUT2D eigenvalue weighted by atomic mass is 10.2. The molecular formula is C10H10N2O4. The van der Waals surface area contributed by atoms with Crippen molar-refractivity contribution >= 4 is 23.9 Å². The van der Waals surface area contributed by atoms with Crippen molar-refractivity contribution in [1.82, 2.24) is 0 Å². The second kappa shape index (κ2) is 3.88. The minimum Gasteiger partial charge on any atom is -0.411 e. The molecule has 0 fully saturated rings. The van der Waals surface area contributed by atoms with Crippen LogP contribution in [0, 0.1) is 7.43 Å². The van der Waals surface area contributed by atoms with Gasteiger partial charge in [-0.3, -0.25) is 9.59 Å². The van der Waals surface area contributed by atoms with Crippen LogP contribution in [0.4, 0.5) is 0 Å². The average molecular weight is 222 g/mol. The Morgan fingerprint density at radius 3 is 2.06 bits per heavy atom. The smallest absolute Gasteiger partial charge is 0.347 e. The fourth-order valence-electron chi connectivity index (χ4n) is 1.43. The second-order valence-electron chi connectivity index (χ2n) is 3.09. The van der Waals surface area contributed by atoms with Crippen LogP contribution in [0.25, 0.3) is 0 Å². The van der Waals surface area contributed by atoms with E-state index in [1.165, 1.54) is 26.3 Å². The lowest BCUT2D eigenvalue weighted by Gasteiger charge is -2.25. The predicted octanol–water partition coefficient (Wildman–Crippen LogP) is 0.517. The highest BCUT2D eigenvalue weighted by atomic mass is 16.7. The van der Waals surface area contributed by atoms with Gasteiger partial charge in [0, 0.05) is 13.8 Å². The molecule has 2 heterocycles. The molecule has 84 valence electrons. The number of aliphatic imine (C=N–C) groups is 2. The Labute approximate surface area is 92.7 Å². The maximum atomic E-state index is 11.0. The summed E-state index contributed by atoms with van der Waals surface area (Å²) < 4.78 is 9.98. The van der Waals surface area contributed by atoms with E-state index in [1.54, 1.807) is 0 Å². The Kier molecular flexibility index (Phi) is 2.93. The number of carbonyl (C=O) groups is 2. The number of carbonyl (C=O) groups excluding carboxylic acids is 2. The van der Waals surface area contributed by atoms with Crippen LogP contribution in [0.1, 0.15) is 13.8 Å². The van der Waals surface area contributed by atoms with E-state index in [0.717, 1.165) is 0 Å². The Balaban J connectivity index is 0.00000128. The number of fused-ring (bicyclic) bond motifs is 2. The Hall–Kier alpha value is -1.98. The summed E-state index contributed by atoms with van der Waals surface area (Å²) in [6, 6.07) is 0. The molecule has 0 atom stereocenters. The van der Waals surface area contributed by atoms with E-state index in [2.05, 4.69) is 9.98 Å². The zero-order valence-corrected chi connectivity index (χ0v) is 8.89. The molecule has 0 aromatic rings. The normalized spacial score (nSPS) is 18.4. The minimum atomic E-state index is -1.54. The van der Waals surface area contributed by atoms with E-state index < -0.39 is 17.7 Å². The first-order chi connectivity index (χ1) is 7.04. The maximum absolute atomic E-state index is 11.0. The number of hydrogen-bond acceptors (Lipinski definition) is 6. The Morgan fingerprint density at radius 2 is 1.81 bits per heavy atom. The van der Waals surface area contributed by atoms with Gasteiger partial charge >= 0.3 is 17.7 Å². The van der Waals surface area contributed by atoms with Crippen molar-refractivity contribution in [3.05, 3.63) is 19.3 Å². The third-order valence-corrected chi connectivity index (χ3v) is 1.90. The van der Waals surface area contributed by atoms with Crippen LogP contribution in [0.15, 0.2) is 21.9 Å². The molecule has 6 nitrogen and oxygen atoms in total. The van der Waals surface area contributed by atoms with Crippen molar-refractivity contribution in [2.24, 2.45) is 9.98 Å². The van der Waals surface area contributed by atoms with Crippen LogP contribution in [-0.2, 0) is 19.1 Å². The van der Waals surface area contributed by atoms with Gasteiger partial charge < -0.3 is 9.47 Å². The van der Waals surface area contributed by atoms with E-state index in [9.17, 15) is 9.59 Å². The second-order valence-corrected chi connectivity index (χ2v) is 3.09. The lowest BCUT2D eigenvalue weighted by Crippen LogP contribution is -2.44. The quantitative estimate of drug-likeness (QED) is 0.504. The van der Waals surface area contributed by atoms with Crippen LogP contribution in [-0.4, -0.2) is 29.7 Å². The van der Waals surface area contributed by atoms with Gasteiger partial charge in [0.1, 0.15) is 11.4 Å². The topological polar surface area (TPSA) is 77.3 Å². The molecule has 2 aliphatic rings. The van der Waals surface area contributed by atoms with Gasteiger partial charge in [-0.2, -0.15) is 0 Å². The van der Waals surface area contributed by atoms with Crippen molar-refractivity contribution in [3.63, 3.8) is 0 Å². The number of rotatable bonds is 2. The van der Waals surface area contributed by atoms with Gasteiger partial charge in [0.15, 0.2) is 0 Å². The molecule has 0 saturated heterocycles. The van der Waals surface area contributed by atoms with Crippen molar-refractivity contribution < 1.29 is 19.1 Å². The molecule has 6 heteroatoms. The first-order valence-electron chi connectivity index (χ1n) is 4.27. The van der Waals surface area contributed by atoms with Crippen LogP contribution in [0.2, 0.25) is 0 Å². The van der Waals surface area contributed by atoms with Gasteiger partial charge in [-0.15, -0.1) is 0 Å². The predicted molar refractivity (Wildman–Crippen MR) is 55.6 cm³/mol. The highest BCUT2D eigenvalue weighted by Gasteiger charge is 2.52. The van der Waals surface area contributed by atoms with Gasteiger partial charge in [0.25, 0.3) is 0 Å². The van der Waals surface area contributed by atoms with Crippen LogP contribution >= 0.6 is 0 Å². The van der Waals surface area contributed by atoms with E-state index in [0.29, 0.717) is 11.4 Å². The highest BCUT2D eigenvalue weighted by Crippen LogP contribution is 2.35. The van der Waals surface area contributed by atoms with Crippen LogP contribution < -0.4 is 0 Å². The number of esters is 2. The third-order valence-electron chi connectivity index (χ3n) is 1.90. The molecule has 0 spiro atoms. The van der Waals surface area contributed by atoms with Gasteiger partial charge in [0.05, 0.1) is 12.4 Å². The third kappa shape index (κ3) is 1.62. The number of nitrogens with zero attached hydrogens (tertiary/aromatic N) is 2. The maximum Gasteiger partial charge on any atom is 0.347 e. The van der Waals surface area contributed by atoms with E-state index in [-0.39, 0.29) is 7.43 Å². The van der Waals surface area contributed by atoms with Crippen molar-refractivity contribution in [2.45, 2.75) is 19.6 Å². The molecule has 16 heavy (non-hydrogen) atoms. The van der Waals surface area contributed by atoms with Crippen molar-refractivity contribution in [3.8, 4) is 0 Å². The molecule has 0 aromatic heterocycles. The average Bonchev–Trinajstić information content (AvgIpc) is 2.58. The summed E-state index contributed by atoms with van der Waals surface area (Å²) in [6.07, 6.45) is 2.81. The van der Waals surface area contributed by atoms with Crippen molar-refractivity contribution in [1.29, 1.82) is 0 Å². The number of ether oxygens (including phenoxy) is 2. The fourth-order valence-corrected chi connectivity index (χ4v) is 1.43. The van der Waals surface area contributed by atoms with E-state index >= 15 is 0 Å². The monoisotopic (exact) mass is 222 g/mol. The molecular weight excluding hydrogens is 212 g/mol. The summed E-state index contributed by atoms with van der Waals surface area (Å²) in [7, 11) is 0. The van der Waals surface area contributed by atoms with E-state index in [4.69, 9.17) is 9.47 Å². The molecule has 0 aromatic carbocycles. The van der Waals surface area contributed by atoms with Gasteiger partial charge in [-0.05, 0) is 0 Å². The molecule has 0 N–H and O–H groups in total. The molecule has 0 unspecified atom stereocenters. The first-order valence-corrected chi connectivity index (χ1v) is 4.27. The van der Waals surface area contributed by atoms with Gasteiger partial charge in [-0.1, -0.05) is 7.43 Å². The summed E-state index contributed by atoms with van der Waals surface area (Å²) in [5, 5.41) is 0. The first kappa shape index (κ1) is 12.1. The lowest BCUT2D eigenvalue weighted by molar-refractivity contribution is -0.190. The molecule has 0 aliphatic carbocycles. The zero-order chi connectivity index (χ0) is 11.1. The Bertz CT molecular complexity index is 394. The SMILES string of the molecule is CC(=O)OC1(OC(C)=O)C2=CN=C1C=N2.[CH2]. The minimum absolute atomic E-state index is 0. The summed E-state index contributed by atoms with van der Waals surface area (Å²) in [5.74, 6) is -2.68. The summed E-state index contributed by atoms with van der Waals surface area (Å²) in [5.41, 5.74) is 0.616. The van der Waals surface area contributed by atoms with Crippen LogP contribution in [0.5, 0.6) is 0 Å². The van der Waals surface area contributed by atoms with Crippen LogP contribution in [0.3, 0.4) is 0 Å². The Morgan fingerprint density at radius 1 is 1.25 bits per heavy atom. The van der Waals surface area contributed by atoms with Gasteiger partial charge in [0.2, 0.25) is 0 Å². The molecule has 2 aliphatic heterocycles.